The molecule has 12 nitrogen and oxygen atoms in total. The van der Waals surface area contributed by atoms with Gasteiger partial charge in [-0.05, 0) is 67.3 Å². The number of aromatic nitrogens is 1. The summed E-state index contributed by atoms with van der Waals surface area (Å²) in [6, 6.07) is 7.26. The highest BCUT2D eigenvalue weighted by molar-refractivity contribution is 7.92. The van der Waals surface area contributed by atoms with Crippen molar-refractivity contribution in [1.82, 2.24) is 4.98 Å². The molecule has 4 heterocycles. The number of ether oxygens (including phenoxy) is 1. The number of rotatable bonds is 11. The SMILES string of the molecule is CC(C)[C@H](N)C(=O)OCCS(=O)(=O)Nc1ccc(C(=O)Nc2cc3ccoc3c(N3CCC(F)(F)CC3)n2)c(N2CCC3(CC2)CC3)c1. The maximum atomic E-state index is 13.9. The Bertz CT molecular complexity index is 1770. The number of nitrogens with one attached hydrogen (secondary N) is 2. The first-order valence-corrected chi connectivity index (χ1v) is 18.0. The fourth-order valence-electron chi connectivity index (χ4n) is 6.27. The zero-order valence-electron chi connectivity index (χ0n) is 27.1. The number of nitrogens with zero attached hydrogens (tertiary/aromatic N) is 3. The second-order valence-corrected chi connectivity index (χ2v) is 15.4. The topological polar surface area (TPSA) is 160 Å². The minimum Gasteiger partial charge on any atom is -0.463 e. The Morgan fingerprint density at radius 2 is 1.71 bits per heavy atom. The normalized spacial score (nSPS) is 19.4. The molecule has 1 atom stereocenters. The van der Waals surface area contributed by atoms with Gasteiger partial charge in [0.05, 0.1) is 23.2 Å². The van der Waals surface area contributed by atoms with Crippen LogP contribution in [0.25, 0.3) is 11.0 Å². The number of benzene rings is 1. The van der Waals surface area contributed by atoms with Crippen LogP contribution in [-0.2, 0) is 19.6 Å². The van der Waals surface area contributed by atoms with Gasteiger partial charge in [0, 0.05) is 44.4 Å². The summed E-state index contributed by atoms with van der Waals surface area (Å²) in [6.07, 6.45) is 5.23. The van der Waals surface area contributed by atoms with Crippen LogP contribution in [0.1, 0.15) is 62.7 Å². The number of anilines is 4. The van der Waals surface area contributed by atoms with Crippen LogP contribution < -0.4 is 25.6 Å². The van der Waals surface area contributed by atoms with E-state index >= 15 is 0 Å². The van der Waals surface area contributed by atoms with Gasteiger partial charge < -0.3 is 30.0 Å². The van der Waals surface area contributed by atoms with Crippen LogP contribution in [-0.4, -0.2) is 75.8 Å². The maximum Gasteiger partial charge on any atom is 0.323 e. The largest absolute Gasteiger partial charge is 0.463 e. The van der Waals surface area contributed by atoms with E-state index in [9.17, 15) is 26.8 Å². The summed E-state index contributed by atoms with van der Waals surface area (Å²) >= 11 is 0. The second kappa shape index (κ2) is 13.1. The summed E-state index contributed by atoms with van der Waals surface area (Å²) in [5.74, 6) is -3.85. The Hall–Kier alpha value is -3.98. The van der Waals surface area contributed by atoms with E-state index < -0.39 is 39.6 Å². The minimum absolute atomic E-state index is 0.0963. The molecule has 0 radical (unpaired) electrons. The minimum atomic E-state index is -3.91. The van der Waals surface area contributed by atoms with Gasteiger partial charge in [-0.2, -0.15) is 0 Å². The second-order valence-electron chi connectivity index (χ2n) is 13.5. The molecule has 0 unspecified atom stereocenters. The van der Waals surface area contributed by atoms with Crippen LogP contribution in [0, 0.1) is 11.3 Å². The lowest BCUT2D eigenvalue weighted by Gasteiger charge is -2.35. The molecule has 260 valence electrons. The fourth-order valence-corrected chi connectivity index (χ4v) is 7.16. The van der Waals surface area contributed by atoms with Crippen molar-refractivity contribution in [2.24, 2.45) is 17.1 Å². The highest BCUT2D eigenvalue weighted by atomic mass is 32.2. The molecule has 3 fully saturated rings. The molecule has 1 aliphatic carbocycles. The number of piperidine rings is 2. The van der Waals surface area contributed by atoms with E-state index in [1.807, 2.05) is 0 Å². The van der Waals surface area contributed by atoms with Crippen molar-refractivity contribution in [3.8, 4) is 0 Å². The van der Waals surface area contributed by atoms with Crippen LogP contribution in [0.5, 0.6) is 0 Å². The zero-order valence-corrected chi connectivity index (χ0v) is 28.0. The van der Waals surface area contributed by atoms with Crippen LogP contribution in [0.2, 0.25) is 0 Å². The number of esters is 1. The van der Waals surface area contributed by atoms with E-state index in [2.05, 4.69) is 19.9 Å². The van der Waals surface area contributed by atoms with Crippen LogP contribution >= 0.6 is 0 Å². The molecule has 1 aromatic carbocycles. The summed E-state index contributed by atoms with van der Waals surface area (Å²) in [5.41, 5.74) is 7.77. The molecule has 1 amide bonds. The molecule has 15 heteroatoms. The van der Waals surface area contributed by atoms with Crippen molar-refractivity contribution in [1.29, 1.82) is 0 Å². The predicted molar refractivity (Wildman–Crippen MR) is 179 cm³/mol. The first-order valence-electron chi connectivity index (χ1n) is 16.4. The summed E-state index contributed by atoms with van der Waals surface area (Å²) < 4.78 is 66.9. The molecule has 2 aromatic heterocycles. The van der Waals surface area contributed by atoms with E-state index in [1.165, 1.54) is 25.2 Å². The predicted octanol–water partition coefficient (Wildman–Crippen LogP) is 4.96. The molecule has 2 aliphatic heterocycles. The number of hydrogen-bond acceptors (Lipinski definition) is 10. The van der Waals surface area contributed by atoms with E-state index in [0.717, 1.165) is 12.8 Å². The van der Waals surface area contributed by atoms with Gasteiger partial charge in [0.25, 0.3) is 11.8 Å². The third-order valence-electron chi connectivity index (χ3n) is 9.68. The third-order valence-corrected chi connectivity index (χ3v) is 10.9. The van der Waals surface area contributed by atoms with Crippen molar-refractivity contribution >= 4 is 55.9 Å². The molecule has 3 aliphatic rings. The van der Waals surface area contributed by atoms with Gasteiger partial charge in [-0.15, -0.1) is 0 Å². The highest BCUT2D eigenvalue weighted by Gasteiger charge is 2.44. The zero-order chi connectivity index (χ0) is 34.3. The Balaban J connectivity index is 1.21. The number of sulfonamides is 1. The van der Waals surface area contributed by atoms with Crippen molar-refractivity contribution in [2.75, 3.05) is 58.4 Å². The average molecular weight is 689 g/mol. The van der Waals surface area contributed by atoms with E-state index in [4.69, 9.17) is 14.9 Å². The Labute approximate surface area is 278 Å². The first kappa shape index (κ1) is 33.9. The molecule has 3 aromatic rings. The lowest BCUT2D eigenvalue weighted by Crippen LogP contribution is -2.39. The number of amides is 1. The van der Waals surface area contributed by atoms with Gasteiger partial charge in [0.2, 0.25) is 10.0 Å². The Morgan fingerprint density at radius 3 is 2.38 bits per heavy atom. The standard InChI is InChI=1S/C33H42F2N6O6S/c1-21(2)27(36)31(43)47-17-18-48(44,45)39-23-3-4-24(25(20-23)40-12-8-32(6-7-32)9-13-40)30(42)38-26-19-22-5-16-46-28(22)29(37-26)41-14-10-33(34,35)11-15-41/h3-5,16,19-21,27,39H,6-15,17-18,36H2,1-2H3,(H,37,38,42)/t27-/m0/s1. The number of fused-ring (bicyclic) bond motifs is 1. The lowest BCUT2D eigenvalue weighted by molar-refractivity contribution is -0.145. The summed E-state index contributed by atoms with van der Waals surface area (Å²) in [6.45, 7) is 4.80. The molecule has 4 N–H and O–H groups in total. The third kappa shape index (κ3) is 7.67. The van der Waals surface area contributed by atoms with Crippen molar-refractivity contribution < 1.29 is 35.9 Å². The van der Waals surface area contributed by atoms with Crippen LogP contribution in [0.3, 0.4) is 0 Å². The Morgan fingerprint density at radius 1 is 1.02 bits per heavy atom. The number of carbonyl (C=O) groups is 2. The number of hydrogen-bond donors (Lipinski definition) is 3. The molecule has 48 heavy (non-hydrogen) atoms. The van der Waals surface area contributed by atoms with Gasteiger partial charge in [0.15, 0.2) is 11.4 Å². The van der Waals surface area contributed by atoms with Crippen molar-refractivity contribution in [2.45, 2.75) is 64.3 Å². The van der Waals surface area contributed by atoms with Crippen LogP contribution in [0.15, 0.2) is 41.0 Å². The van der Waals surface area contributed by atoms with Gasteiger partial charge in [-0.25, -0.2) is 22.2 Å². The smallest absolute Gasteiger partial charge is 0.323 e. The average Bonchev–Trinajstić information content (AvgIpc) is 3.61. The highest BCUT2D eigenvalue weighted by Crippen LogP contribution is 2.54. The fraction of sp³-hybridized carbons (Fsp3) is 0.545. The maximum absolute atomic E-state index is 13.9. The van der Waals surface area contributed by atoms with Gasteiger partial charge in [-0.1, -0.05) is 13.8 Å². The summed E-state index contributed by atoms with van der Waals surface area (Å²) in [4.78, 5) is 34.4. The van der Waals surface area contributed by atoms with E-state index in [0.29, 0.717) is 46.5 Å². The number of furan rings is 1. The molecule has 1 saturated carbocycles. The van der Waals surface area contributed by atoms with Gasteiger partial charge in [-0.3, -0.25) is 14.3 Å². The van der Waals surface area contributed by atoms with Gasteiger partial charge >= 0.3 is 5.97 Å². The van der Waals surface area contributed by atoms with E-state index in [-0.39, 0.29) is 50.0 Å². The molecule has 2 saturated heterocycles. The lowest BCUT2D eigenvalue weighted by atomic mass is 9.93. The number of alkyl halides is 2. The number of pyridine rings is 1. The summed E-state index contributed by atoms with van der Waals surface area (Å²) in [5, 5.41) is 3.54. The molecule has 0 bridgehead atoms. The van der Waals surface area contributed by atoms with Crippen molar-refractivity contribution in [3.63, 3.8) is 0 Å². The molecular weight excluding hydrogens is 646 g/mol. The summed E-state index contributed by atoms with van der Waals surface area (Å²) in [7, 11) is -3.91. The van der Waals surface area contributed by atoms with E-state index in [1.54, 1.807) is 43.0 Å². The quantitative estimate of drug-likeness (QED) is 0.235. The molecule has 1 spiro atoms. The molecular formula is C33H42F2N6O6S. The van der Waals surface area contributed by atoms with Crippen LogP contribution in [0.4, 0.5) is 31.8 Å². The molecule has 6 rings (SSSR count). The van der Waals surface area contributed by atoms with Gasteiger partial charge in [0.1, 0.15) is 24.2 Å². The number of halogens is 2. The number of carbonyl (C=O) groups excluding carboxylic acids is 2. The Kier molecular flexibility index (Phi) is 9.28. The monoisotopic (exact) mass is 688 g/mol. The first-order chi connectivity index (χ1) is 22.7. The van der Waals surface area contributed by atoms with Crippen molar-refractivity contribution in [3.05, 3.63) is 42.2 Å². The number of nitrogens with two attached hydrogens (primary N) is 1.